The third-order valence-corrected chi connectivity index (χ3v) is 6.43. The lowest BCUT2D eigenvalue weighted by Gasteiger charge is -2.32. The molecule has 1 amide bonds. The van der Waals surface area contributed by atoms with Crippen LogP contribution in [0.15, 0.2) is 42.5 Å². The molecule has 2 aromatic carbocycles. The van der Waals surface area contributed by atoms with Gasteiger partial charge < -0.3 is 15.5 Å². The zero-order valence-corrected chi connectivity index (χ0v) is 17.5. The summed E-state index contributed by atoms with van der Waals surface area (Å²) in [5, 5.41) is 6.54. The van der Waals surface area contributed by atoms with Gasteiger partial charge in [-0.15, -0.1) is 0 Å². The van der Waals surface area contributed by atoms with Crippen molar-refractivity contribution in [1.82, 2.24) is 10.6 Å². The van der Waals surface area contributed by atoms with Gasteiger partial charge in [0.1, 0.15) is 0 Å². The van der Waals surface area contributed by atoms with Gasteiger partial charge in [0, 0.05) is 30.9 Å². The van der Waals surface area contributed by atoms with Crippen LogP contribution in [0.2, 0.25) is 0 Å². The molecule has 0 unspecified atom stereocenters. The van der Waals surface area contributed by atoms with Gasteiger partial charge in [0.05, 0.1) is 0 Å². The highest BCUT2D eigenvalue weighted by molar-refractivity contribution is 5.95. The molecule has 4 rings (SSSR count). The molecule has 29 heavy (non-hydrogen) atoms. The topological polar surface area (TPSA) is 44.4 Å². The van der Waals surface area contributed by atoms with Crippen molar-refractivity contribution in [2.45, 2.75) is 45.6 Å². The van der Waals surface area contributed by atoms with Crippen LogP contribution in [0.4, 0.5) is 5.69 Å². The van der Waals surface area contributed by atoms with E-state index in [0.717, 1.165) is 70.4 Å². The Labute approximate surface area is 174 Å². The van der Waals surface area contributed by atoms with E-state index in [-0.39, 0.29) is 5.91 Å². The van der Waals surface area contributed by atoms with Gasteiger partial charge in [0.2, 0.25) is 0 Å². The molecular weight excluding hydrogens is 358 g/mol. The lowest BCUT2D eigenvalue weighted by Crippen LogP contribution is -2.36. The SMILES string of the molecule is CCc1ccccc1CN1CCCc2cc(C(=O)NCC3CCNCC3)ccc21. The van der Waals surface area contributed by atoms with Crippen molar-refractivity contribution in [2.24, 2.45) is 5.92 Å². The molecule has 0 bridgehead atoms. The van der Waals surface area contributed by atoms with E-state index in [1.165, 1.54) is 22.4 Å². The van der Waals surface area contributed by atoms with E-state index < -0.39 is 0 Å². The van der Waals surface area contributed by atoms with Gasteiger partial charge in [0.15, 0.2) is 0 Å². The number of carbonyl (C=O) groups excluding carboxylic acids is 1. The highest BCUT2D eigenvalue weighted by Crippen LogP contribution is 2.30. The number of amides is 1. The fourth-order valence-electron chi connectivity index (χ4n) is 4.67. The molecule has 4 heteroatoms. The quantitative estimate of drug-likeness (QED) is 0.784. The molecule has 2 heterocycles. The van der Waals surface area contributed by atoms with E-state index in [1.54, 1.807) is 0 Å². The number of nitrogens with zero attached hydrogens (tertiary/aromatic N) is 1. The van der Waals surface area contributed by atoms with Crippen LogP contribution < -0.4 is 15.5 Å². The first-order valence-corrected chi connectivity index (χ1v) is 11.2. The average molecular weight is 392 g/mol. The van der Waals surface area contributed by atoms with Crippen LogP contribution in [0.25, 0.3) is 0 Å². The predicted octanol–water partition coefficient (Wildman–Crippen LogP) is 3.93. The Hall–Kier alpha value is -2.33. The highest BCUT2D eigenvalue weighted by Gasteiger charge is 2.20. The second-order valence-electron chi connectivity index (χ2n) is 8.39. The molecule has 2 aliphatic rings. The van der Waals surface area contributed by atoms with Crippen molar-refractivity contribution in [3.63, 3.8) is 0 Å². The number of fused-ring (bicyclic) bond motifs is 1. The maximum Gasteiger partial charge on any atom is 0.251 e. The summed E-state index contributed by atoms with van der Waals surface area (Å²) in [5.41, 5.74) is 6.23. The number of piperidine rings is 1. The third kappa shape index (κ3) is 4.81. The summed E-state index contributed by atoms with van der Waals surface area (Å²) >= 11 is 0. The summed E-state index contributed by atoms with van der Waals surface area (Å²) in [6, 6.07) is 15.0. The maximum atomic E-state index is 12.7. The fourth-order valence-corrected chi connectivity index (χ4v) is 4.67. The summed E-state index contributed by atoms with van der Waals surface area (Å²) < 4.78 is 0. The molecule has 0 aliphatic carbocycles. The summed E-state index contributed by atoms with van der Waals surface area (Å²) in [6.45, 7) is 7.16. The average Bonchev–Trinajstić information content (AvgIpc) is 2.78. The number of hydrogen-bond donors (Lipinski definition) is 2. The lowest BCUT2D eigenvalue weighted by molar-refractivity contribution is 0.0944. The molecule has 0 radical (unpaired) electrons. The lowest BCUT2D eigenvalue weighted by atomic mass is 9.96. The molecule has 154 valence electrons. The first kappa shape index (κ1) is 20.0. The number of anilines is 1. The fraction of sp³-hybridized carbons (Fsp3) is 0.480. The smallest absolute Gasteiger partial charge is 0.251 e. The molecule has 2 aliphatic heterocycles. The van der Waals surface area contributed by atoms with Crippen molar-refractivity contribution in [3.8, 4) is 0 Å². The second kappa shape index (κ2) is 9.45. The monoisotopic (exact) mass is 391 g/mol. The Balaban J connectivity index is 1.44. The second-order valence-corrected chi connectivity index (χ2v) is 8.39. The van der Waals surface area contributed by atoms with E-state index in [4.69, 9.17) is 0 Å². The first-order valence-electron chi connectivity index (χ1n) is 11.2. The van der Waals surface area contributed by atoms with Crippen LogP contribution in [0.3, 0.4) is 0 Å². The Morgan fingerprint density at radius 3 is 2.72 bits per heavy atom. The molecule has 4 nitrogen and oxygen atoms in total. The van der Waals surface area contributed by atoms with Crippen molar-refractivity contribution in [1.29, 1.82) is 0 Å². The minimum Gasteiger partial charge on any atom is -0.367 e. The maximum absolute atomic E-state index is 12.7. The summed E-state index contributed by atoms with van der Waals surface area (Å²) in [5.74, 6) is 0.673. The van der Waals surface area contributed by atoms with Crippen LogP contribution in [0.1, 0.15) is 53.2 Å². The number of nitrogens with one attached hydrogen (secondary N) is 2. The van der Waals surface area contributed by atoms with E-state index in [2.05, 4.69) is 58.9 Å². The van der Waals surface area contributed by atoms with Gasteiger partial charge in [-0.3, -0.25) is 4.79 Å². The zero-order chi connectivity index (χ0) is 20.1. The zero-order valence-electron chi connectivity index (χ0n) is 17.5. The summed E-state index contributed by atoms with van der Waals surface area (Å²) in [7, 11) is 0. The van der Waals surface area contributed by atoms with E-state index in [9.17, 15) is 4.79 Å². The molecular formula is C25H33N3O. The first-order chi connectivity index (χ1) is 14.2. The number of carbonyl (C=O) groups is 1. The van der Waals surface area contributed by atoms with Crippen LogP contribution in [-0.2, 0) is 19.4 Å². The van der Waals surface area contributed by atoms with Crippen molar-refractivity contribution in [2.75, 3.05) is 31.1 Å². The van der Waals surface area contributed by atoms with Gasteiger partial charge in [-0.25, -0.2) is 0 Å². The minimum atomic E-state index is 0.0692. The van der Waals surface area contributed by atoms with E-state index in [1.807, 2.05) is 6.07 Å². The Bertz CT molecular complexity index is 842. The van der Waals surface area contributed by atoms with Crippen LogP contribution in [-0.4, -0.2) is 32.1 Å². The molecule has 0 atom stereocenters. The van der Waals surface area contributed by atoms with Crippen molar-refractivity contribution < 1.29 is 4.79 Å². The predicted molar refractivity (Wildman–Crippen MR) is 120 cm³/mol. The van der Waals surface area contributed by atoms with E-state index >= 15 is 0 Å². The number of rotatable bonds is 6. The largest absolute Gasteiger partial charge is 0.367 e. The van der Waals surface area contributed by atoms with E-state index in [0.29, 0.717) is 5.92 Å². The van der Waals surface area contributed by atoms with Gasteiger partial charge in [-0.05, 0) is 86.0 Å². The molecule has 2 aromatic rings. The standard InChI is InChI=1S/C25H33N3O/c1-2-20-6-3-4-7-23(20)18-28-15-5-8-21-16-22(9-10-24(21)28)25(29)27-17-19-11-13-26-14-12-19/h3-4,6-7,9-10,16,19,26H,2,5,8,11-15,17-18H2,1H3,(H,27,29). The van der Waals surface area contributed by atoms with Gasteiger partial charge >= 0.3 is 0 Å². The third-order valence-electron chi connectivity index (χ3n) is 6.43. The summed E-state index contributed by atoms with van der Waals surface area (Å²) in [4.78, 5) is 15.2. The van der Waals surface area contributed by atoms with Gasteiger partial charge in [-0.1, -0.05) is 31.2 Å². The number of benzene rings is 2. The number of aryl methyl sites for hydroxylation is 2. The van der Waals surface area contributed by atoms with Crippen LogP contribution in [0, 0.1) is 5.92 Å². The Kier molecular flexibility index (Phi) is 6.50. The van der Waals surface area contributed by atoms with Gasteiger partial charge in [0.25, 0.3) is 5.91 Å². The van der Waals surface area contributed by atoms with Gasteiger partial charge in [-0.2, -0.15) is 0 Å². The summed E-state index contributed by atoms with van der Waals surface area (Å²) in [6.07, 6.45) is 5.56. The number of hydrogen-bond acceptors (Lipinski definition) is 3. The Morgan fingerprint density at radius 1 is 1.14 bits per heavy atom. The molecule has 2 N–H and O–H groups in total. The Morgan fingerprint density at radius 2 is 1.93 bits per heavy atom. The minimum absolute atomic E-state index is 0.0692. The van der Waals surface area contributed by atoms with Crippen molar-refractivity contribution >= 4 is 11.6 Å². The molecule has 0 spiro atoms. The molecule has 1 fully saturated rings. The molecule has 0 aromatic heterocycles. The molecule has 0 saturated carbocycles. The highest BCUT2D eigenvalue weighted by atomic mass is 16.1. The van der Waals surface area contributed by atoms with Crippen LogP contribution in [0.5, 0.6) is 0 Å². The van der Waals surface area contributed by atoms with Crippen LogP contribution >= 0.6 is 0 Å². The molecule has 1 saturated heterocycles. The normalized spacial score (nSPS) is 17.1. The van der Waals surface area contributed by atoms with Crippen molar-refractivity contribution in [3.05, 3.63) is 64.7 Å².